The second kappa shape index (κ2) is 3.80. The van der Waals surface area contributed by atoms with Crippen LogP contribution in [-0.4, -0.2) is 15.6 Å². The highest BCUT2D eigenvalue weighted by atomic mass is 16.4. The number of nitrogen functional groups attached to an aromatic ring is 1. The maximum absolute atomic E-state index is 11.3. The number of nitrogens with zero attached hydrogens (tertiary/aromatic N) is 1. The predicted molar refractivity (Wildman–Crippen MR) is 76.6 cm³/mol. The maximum Gasteiger partial charge on any atom is 0.339 e. The molecule has 4 heteroatoms. The van der Waals surface area contributed by atoms with Crippen LogP contribution < -0.4 is 5.73 Å². The third kappa shape index (κ3) is 1.51. The molecule has 5 rings (SSSR count). The van der Waals surface area contributed by atoms with Gasteiger partial charge in [-0.05, 0) is 62.3 Å². The van der Waals surface area contributed by atoms with Crippen molar-refractivity contribution < 1.29 is 9.90 Å². The molecule has 4 fully saturated rings. The van der Waals surface area contributed by atoms with Gasteiger partial charge in [-0.15, -0.1) is 0 Å². The van der Waals surface area contributed by atoms with Crippen LogP contribution in [-0.2, 0) is 12.5 Å². The maximum atomic E-state index is 11.3. The summed E-state index contributed by atoms with van der Waals surface area (Å²) in [5.41, 5.74) is 7.65. The normalized spacial score (nSPS) is 38.4. The Morgan fingerprint density at radius 1 is 1.25 bits per heavy atom. The van der Waals surface area contributed by atoms with E-state index in [1.54, 1.807) is 0 Å². The quantitative estimate of drug-likeness (QED) is 0.871. The van der Waals surface area contributed by atoms with Gasteiger partial charge in [-0.1, -0.05) is 0 Å². The summed E-state index contributed by atoms with van der Waals surface area (Å²) in [6, 6.07) is 1.85. The molecule has 0 unspecified atom stereocenters. The van der Waals surface area contributed by atoms with Crippen LogP contribution in [0.1, 0.15) is 54.6 Å². The van der Waals surface area contributed by atoms with Crippen LogP contribution in [0.5, 0.6) is 0 Å². The number of aromatic carboxylic acids is 1. The van der Waals surface area contributed by atoms with Gasteiger partial charge < -0.3 is 15.4 Å². The van der Waals surface area contributed by atoms with E-state index in [0.29, 0.717) is 5.82 Å². The molecule has 1 aromatic rings. The van der Waals surface area contributed by atoms with Gasteiger partial charge in [0.1, 0.15) is 11.4 Å². The molecule has 0 aromatic carbocycles. The molecule has 0 aliphatic heterocycles. The zero-order valence-corrected chi connectivity index (χ0v) is 11.9. The van der Waals surface area contributed by atoms with E-state index in [4.69, 9.17) is 5.73 Å². The van der Waals surface area contributed by atoms with Gasteiger partial charge in [0, 0.05) is 18.2 Å². The lowest BCUT2D eigenvalue weighted by molar-refractivity contribution is -0.00834. The molecule has 1 aromatic heterocycles. The van der Waals surface area contributed by atoms with Crippen LogP contribution in [0.4, 0.5) is 5.82 Å². The molecule has 4 nitrogen and oxygen atoms in total. The summed E-state index contributed by atoms with van der Waals surface area (Å²) in [4.78, 5) is 11.3. The molecule has 0 saturated heterocycles. The van der Waals surface area contributed by atoms with Crippen LogP contribution in [0.3, 0.4) is 0 Å². The van der Waals surface area contributed by atoms with E-state index in [1.807, 2.05) is 17.7 Å². The fourth-order valence-corrected chi connectivity index (χ4v) is 5.72. The highest BCUT2D eigenvalue weighted by Crippen LogP contribution is 2.61. The Balaban J connectivity index is 1.81. The van der Waals surface area contributed by atoms with Gasteiger partial charge >= 0.3 is 5.97 Å². The second-order valence-electron chi connectivity index (χ2n) is 7.39. The van der Waals surface area contributed by atoms with Crippen molar-refractivity contribution in [1.29, 1.82) is 0 Å². The lowest BCUT2D eigenvalue weighted by Gasteiger charge is -2.57. The van der Waals surface area contributed by atoms with Crippen LogP contribution in [0.15, 0.2) is 6.07 Å². The number of hydrogen-bond acceptors (Lipinski definition) is 2. The highest BCUT2D eigenvalue weighted by molar-refractivity contribution is 5.93. The van der Waals surface area contributed by atoms with Crippen molar-refractivity contribution in [2.24, 2.45) is 24.8 Å². The number of aromatic nitrogens is 1. The summed E-state index contributed by atoms with van der Waals surface area (Å²) in [6.45, 7) is 0. The van der Waals surface area contributed by atoms with Gasteiger partial charge in [0.2, 0.25) is 0 Å². The fourth-order valence-electron chi connectivity index (χ4n) is 5.72. The van der Waals surface area contributed by atoms with Crippen molar-refractivity contribution >= 4 is 11.8 Å². The van der Waals surface area contributed by atoms with Crippen LogP contribution >= 0.6 is 0 Å². The van der Waals surface area contributed by atoms with Crippen molar-refractivity contribution in [1.82, 2.24) is 4.57 Å². The fraction of sp³-hybridized carbons (Fsp3) is 0.688. The topological polar surface area (TPSA) is 68.2 Å². The number of nitrogens with two attached hydrogens (primary N) is 1. The number of carboxylic acids is 1. The van der Waals surface area contributed by atoms with Crippen molar-refractivity contribution in [3.05, 3.63) is 17.3 Å². The first kappa shape index (κ1) is 12.3. The van der Waals surface area contributed by atoms with E-state index in [2.05, 4.69) is 0 Å². The summed E-state index contributed by atoms with van der Waals surface area (Å²) >= 11 is 0. The van der Waals surface area contributed by atoms with Crippen molar-refractivity contribution in [2.75, 3.05) is 5.73 Å². The van der Waals surface area contributed by atoms with Gasteiger partial charge in [-0.2, -0.15) is 0 Å². The number of rotatable bonds is 2. The first-order chi connectivity index (χ1) is 9.48. The minimum atomic E-state index is -0.908. The molecular weight excluding hydrogens is 252 g/mol. The third-order valence-electron chi connectivity index (χ3n) is 6.09. The third-order valence-corrected chi connectivity index (χ3v) is 6.09. The monoisotopic (exact) mass is 274 g/mol. The Bertz CT molecular complexity index is 552. The average Bonchev–Trinajstić information content (AvgIpc) is 2.65. The van der Waals surface area contributed by atoms with E-state index in [9.17, 15) is 9.90 Å². The van der Waals surface area contributed by atoms with E-state index < -0.39 is 5.97 Å². The summed E-state index contributed by atoms with van der Waals surface area (Å²) in [5, 5.41) is 9.29. The average molecular weight is 274 g/mol. The Morgan fingerprint density at radius 3 is 2.15 bits per heavy atom. The smallest absolute Gasteiger partial charge is 0.339 e. The Kier molecular flexibility index (Phi) is 2.34. The molecular formula is C16H22N2O2. The lowest BCUT2D eigenvalue weighted by atomic mass is 9.49. The van der Waals surface area contributed by atoms with E-state index in [1.165, 1.54) is 44.2 Å². The van der Waals surface area contributed by atoms with Crippen molar-refractivity contribution in [3.63, 3.8) is 0 Å². The molecule has 4 bridgehead atoms. The molecule has 4 saturated carbocycles. The van der Waals surface area contributed by atoms with E-state index >= 15 is 0 Å². The molecule has 4 aliphatic carbocycles. The minimum absolute atomic E-state index is 0.200. The number of carboxylic acid groups (broad SMARTS) is 1. The van der Waals surface area contributed by atoms with Crippen LogP contribution in [0.25, 0.3) is 0 Å². The predicted octanol–water partition coefficient (Wildman–Crippen LogP) is 2.77. The zero-order chi connectivity index (χ0) is 14.1. The molecule has 4 aliphatic rings. The van der Waals surface area contributed by atoms with Gasteiger partial charge in [0.25, 0.3) is 0 Å². The molecule has 108 valence electrons. The number of carbonyl (C=O) groups is 1. The van der Waals surface area contributed by atoms with Gasteiger partial charge in [-0.3, -0.25) is 0 Å². The first-order valence-corrected chi connectivity index (χ1v) is 7.67. The second-order valence-corrected chi connectivity index (χ2v) is 7.39. The zero-order valence-electron chi connectivity index (χ0n) is 11.9. The standard InChI is InChI=1S/C16H22N2O2/c1-18-13(5-12(14(18)17)15(19)20)16-6-9-2-10(7-16)4-11(3-9)8-16/h5,9-11H,2-4,6-8,17H2,1H3,(H,19,20). The molecule has 20 heavy (non-hydrogen) atoms. The summed E-state index contributed by atoms with van der Waals surface area (Å²) in [5.74, 6) is 2.05. The van der Waals surface area contributed by atoms with Gasteiger partial charge in [-0.25, -0.2) is 4.79 Å². The molecule has 0 spiro atoms. The molecule has 3 N–H and O–H groups in total. The van der Waals surface area contributed by atoms with Crippen molar-refractivity contribution in [2.45, 2.75) is 43.9 Å². The largest absolute Gasteiger partial charge is 0.478 e. The molecule has 0 atom stereocenters. The Labute approximate surface area is 119 Å². The number of anilines is 1. The van der Waals surface area contributed by atoms with Crippen molar-refractivity contribution in [3.8, 4) is 0 Å². The summed E-state index contributed by atoms with van der Waals surface area (Å²) in [7, 11) is 1.93. The van der Waals surface area contributed by atoms with Crippen LogP contribution in [0.2, 0.25) is 0 Å². The molecule has 0 radical (unpaired) electrons. The number of hydrogen-bond donors (Lipinski definition) is 2. The summed E-state index contributed by atoms with van der Waals surface area (Å²) < 4.78 is 1.94. The van der Waals surface area contributed by atoms with E-state index in [-0.39, 0.29) is 11.0 Å². The van der Waals surface area contributed by atoms with Crippen LogP contribution in [0, 0.1) is 17.8 Å². The van der Waals surface area contributed by atoms with Gasteiger partial charge in [0.15, 0.2) is 0 Å². The molecule has 0 amide bonds. The Hall–Kier alpha value is -1.45. The molecule has 1 heterocycles. The first-order valence-electron chi connectivity index (χ1n) is 7.67. The van der Waals surface area contributed by atoms with Gasteiger partial charge in [0.05, 0.1) is 0 Å². The SMILES string of the molecule is Cn1c(C23CC4CC(CC(C4)C2)C3)cc(C(=O)O)c1N. The minimum Gasteiger partial charge on any atom is -0.478 e. The summed E-state index contributed by atoms with van der Waals surface area (Å²) in [6.07, 6.45) is 7.88. The highest BCUT2D eigenvalue weighted by Gasteiger charge is 2.52. The Morgan fingerprint density at radius 2 is 1.75 bits per heavy atom. The lowest BCUT2D eigenvalue weighted by Crippen LogP contribution is -2.49. The van der Waals surface area contributed by atoms with E-state index in [0.717, 1.165) is 17.8 Å².